The lowest BCUT2D eigenvalue weighted by Gasteiger charge is -2.36. The number of fused-ring (bicyclic) bond motifs is 1. The van der Waals surface area contributed by atoms with E-state index >= 15 is 0 Å². The first-order valence-corrected chi connectivity index (χ1v) is 12.6. The Morgan fingerprint density at radius 1 is 1.18 bits per heavy atom. The third kappa shape index (κ3) is 5.17. The maximum Gasteiger partial charge on any atom is 0.410 e. The molecule has 5 rings (SSSR count). The highest BCUT2D eigenvalue weighted by Gasteiger charge is 2.33. The Labute approximate surface area is 203 Å². The number of para-hydroxylation sites is 1. The zero-order valence-corrected chi connectivity index (χ0v) is 20.6. The molecule has 0 unspecified atom stereocenters. The second-order valence-corrected chi connectivity index (χ2v) is 10.8. The predicted molar refractivity (Wildman–Crippen MR) is 135 cm³/mol. The Kier molecular flexibility index (Phi) is 6.16. The molecule has 1 amide bonds. The van der Waals surface area contributed by atoms with Crippen LogP contribution in [0, 0.1) is 0 Å². The van der Waals surface area contributed by atoms with E-state index in [-0.39, 0.29) is 12.2 Å². The van der Waals surface area contributed by atoms with E-state index in [0.29, 0.717) is 25.0 Å². The molecule has 34 heavy (non-hydrogen) atoms. The number of anilines is 1. The fourth-order valence-electron chi connectivity index (χ4n) is 4.18. The van der Waals surface area contributed by atoms with Gasteiger partial charge in [0.25, 0.3) is 0 Å². The standard InChI is InChI=1S/C26H30N4O3S/c1-26(2,3)33-25(31)30-13-10-17(11-14-30)20-7-6-12-27-23(20)32-19-15-18(16-19)28-24-29-21-8-4-5-9-22(21)34-24/h4-10,12,18-19H,11,13-16H2,1-3H3,(H,28,29). The van der Waals surface area contributed by atoms with Crippen LogP contribution in [0.5, 0.6) is 5.88 Å². The van der Waals surface area contributed by atoms with Crippen molar-refractivity contribution in [3.05, 3.63) is 54.2 Å². The summed E-state index contributed by atoms with van der Waals surface area (Å²) in [6.45, 7) is 6.79. The molecule has 1 aromatic carbocycles. The molecule has 1 saturated carbocycles. The molecular formula is C26H30N4O3S. The minimum atomic E-state index is -0.492. The molecule has 3 heterocycles. The number of hydrogen-bond acceptors (Lipinski definition) is 7. The van der Waals surface area contributed by atoms with Crippen molar-refractivity contribution in [2.45, 2.75) is 57.8 Å². The van der Waals surface area contributed by atoms with E-state index in [0.717, 1.165) is 41.0 Å². The first kappa shape index (κ1) is 22.7. The van der Waals surface area contributed by atoms with Gasteiger partial charge in [-0.25, -0.2) is 14.8 Å². The second kappa shape index (κ2) is 9.25. The van der Waals surface area contributed by atoms with Gasteiger partial charge < -0.3 is 19.7 Å². The third-order valence-electron chi connectivity index (χ3n) is 5.97. The van der Waals surface area contributed by atoms with Crippen LogP contribution in [-0.4, -0.2) is 51.8 Å². The molecule has 0 atom stereocenters. The monoisotopic (exact) mass is 478 g/mol. The number of ether oxygens (including phenoxy) is 2. The van der Waals surface area contributed by atoms with Crippen LogP contribution in [-0.2, 0) is 4.74 Å². The highest BCUT2D eigenvalue weighted by molar-refractivity contribution is 7.22. The number of thiazole rings is 1. The molecule has 1 N–H and O–H groups in total. The van der Waals surface area contributed by atoms with Crippen LogP contribution < -0.4 is 10.1 Å². The lowest BCUT2D eigenvalue weighted by molar-refractivity contribution is 0.0270. The van der Waals surface area contributed by atoms with E-state index in [1.165, 1.54) is 4.70 Å². The zero-order valence-electron chi connectivity index (χ0n) is 19.8. The highest BCUT2D eigenvalue weighted by atomic mass is 32.1. The molecule has 0 spiro atoms. The summed E-state index contributed by atoms with van der Waals surface area (Å²) in [6, 6.07) is 12.5. The topological polar surface area (TPSA) is 76.6 Å². The van der Waals surface area contributed by atoms with Gasteiger partial charge in [0, 0.05) is 43.7 Å². The number of carbonyl (C=O) groups is 1. The molecule has 3 aromatic rings. The molecule has 2 aliphatic rings. The van der Waals surface area contributed by atoms with Crippen LogP contribution in [0.3, 0.4) is 0 Å². The number of aromatic nitrogens is 2. The number of nitrogens with zero attached hydrogens (tertiary/aromatic N) is 3. The van der Waals surface area contributed by atoms with E-state index < -0.39 is 5.60 Å². The molecule has 2 aromatic heterocycles. The van der Waals surface area contributed by atoms with Crippen molar-refractivity contribution in [2.75, 3.05) is 18.4 Å². The Hall–Kier alpha value is -3.13. The summed E-state index contributed by atoms with van der Waals surface area (Å²) in [4.78, 5) is 23.3. The summed E-state index contributed by atoms with van der Waals surface area (Å²) in [5.41, 5.74) is 2.71. The van der Waals surface area contributed by atoms with Gasteiger partial charge in [-0.1, -0.05) is 29.5 Å². The summed E-state index contributed by atoms with van der Waals surface area (Å²) in [6.07, 6.45) is 6.28. The van der Waals surface area contributed by atoms with Gasteiger partial charge in [-0.15, -0.1) is 0 Å². The Morgan fingerprint density at radius 2 is 2.00 bits per heavy atom. The Morgan fingerprint density at radius 3 is 2.74 bits per heavy atom. The van der Waals surface area contributed by atoms with Gasteiger partial charge in [0.15, 0.2) is 5.13 Å². The van der Waals surface area contributed by atoms with Crippen molar-refractivity contribution >= 4 is 38.4 Å². The van der Waals surface area contributed by atoms with E-state index in [1.807, 2.05) is 51.1 Å². The lowest BCUT2D eigenvalue weighted by Crippen LogP contribution is -2.42. The summed E-state index contributed by atoms with van der Waals surface area (Å²) >= 11 is 1.69. The number of carbonyl (C=O) groups excluding carboxylic acids is 1. The van der Waals surface area contributed by atoms with Crippen LogP contribution in [0.2, 0.25) is 0 Å². The number of nitrogens with one attached hydrogen (secondary N) is 1. The van der Waals surface area contributed by atoms with Crippen LogP contribution >= 0.6 is 11.3 Å². The molecule has 0 bridgehead atoms. The van der Waals surface area contributed by atoms with Crippen molar-refractivity contribution in [1.82, 2.24) is 14.9 Å². The molecule has 0 saturated heterocycles. The summed E-state index contributed by atoms with van der Waals surface area (Å²) in [7, 11) is 0. The van der Waals surface area contributed by atoms with Gasteiger partial charge in [0.1, 0.15) is 11.7 Å². The molecule has 1 aliphatic carbocycles. The van der Waals surface area contributed by atoms with Gasteiger partial charge in [-0.2, -0.15) is 0 Å². The molecule has 178 valence electrons. The predicted octanol–water partition coefficient (Wildman–Crippen LogP) is 5.74. The zero-order chi connectivity index (χ0) is 23.7. The maximum absolute atomic E-state index is 12.4. The van der Waals surface area contributed by atoms with Crippen molar-refractivity contribution in [3.8, 4) is 5.88 Å². The number of hydrogen-bond donors (Lipinski definition) is 1. The Balaban J connectivity index is 1.17. The average Bonchev–Trinajstić information content (AvgIpc) is 3.19. The average molecular weight is 479 g/mol. The van der Waals surface area contributed by atoms with Crippen molar-refractivity contribution in [1.29, 1.82) is 0 Å². The van der Waals surface area contributed by atoms with Crippen LogP contribution in [0.1, 0.15) is 45.6 Å². The SMILES string of the molecule is CC(C)(C)OC(=O)N1CC=C(c2cccnc2OC2CC(Nc3nc4ccccc4s3)C2)CC1. The van der Waals surface area contributed by atoms with E-state index in [1.54, 1.807) is 22.4 Å². The van der Waals surface area contributed by atoms with E-state index in [2.05, 4.69) is 27.4 Å². The van der Waals surface area contributed by atoms with Crippen LogP contribution in [0.4, 0.5) is 9.93 Å². The van der Waals surface area contributed by atoms with Crippen molar-refractivity contribution in [3.63, 3.8) is 0 Å². The number of benzene rings is 1. The highest BCUT2D eigenvalue weighted by Crippen LogP contribution is 2.35. The van der Waals surface area contributed by atoms with Crippen molar-refractivity contribution < 1.29 is 14.3 Å². The number of amides is 1. The lowest BCUT2D eigenvalue weighted by atomic mass is 9.89. The molecule has 0 radical (unpaired) electrons. The molecular weight excluding hydrogens is 448 g/mol. The molecule has 7 nitrogen and oxygen atoms in total. The summed E-state index contributed by atoms with van der Waals surface area (Å²) < 4.78 is 13.0. The van der Waals surface area contributed by atoms with Gasteiger partial charge in [0.05, 0.1) is 10.2 Å². The fourth-order valence-corrected chi connectivity index (χ4v) is 5.12. The third-order valence-corrected chi connectivity index (χ3v) is 6.94. The summed E-state index contributed by atoms with van der Waals surface area (Å²) in [5.74, 6) is 0.669. The van der Waals surface area contributed by atoms with Crippen LogP contribution in [0.15, 0.2) is 48.7 Å². The first-order valence-electron chi connectivity index (χ1n) is 11.8. The normalized spacial score (nSPS) is 20.4. The number of rotatable bonds is 5. The minimum absolute atomic E-state index is 0.128. The van der Waals surface area contributed by atoms with E-state index in [4.69, 9.17) is 9.47 Å². The summed E-state index contributed by atoms with van der Waals surface area (Å²) in [5, 5.41) is 4.50. The second-order valence-electron chi connectivity index (χ2n) is 9.80. The molecule has 1 aliphatic heterocycles. The number of pyridine rings is 1. The fraction of sp³-hybridized carbons (Fsp3) is 0.423. The van der Waals surface area contributed by atoms with Gasteiger partial charge in [-0.3, -0.25) is 0 Å². The Bertz CT molecular complexity index is 1180. The largest absolute Gasteiger partial charge is 0.474 e. The maximum atomic E-state index is 12.4. The van der Waals surface area contributed by atoms with Crippen molar-refractivity contribution in [2.24, 2.45) is 0 Å². The van der Waals surface area contributed by atoms with Gasteiger partial charge in [-0.05, 0) is 57.0 Å². The molecule has 1 fully saturated rings. The van der Waals surface area contributed by atoms with E-state index in [9.17, 15) is 4.79 Å². The van der Waals surface area contributed by atoms with Gasteiger partial charge in [0.2, 0.25) is 5.88 Å². The minimum Gasteiger partial charge on any atom is -0.474 e. The first-order chi connectivity index (χ1) is 16.3. The quantitative estimate of drug-likeness (QED) is 0.504. The van der Waals surface area contributed by atoms with Gasteiger partial charge >= 0.3 is 6.09 Å². The smallest absolute Gasteiger partial charge is 0.410 e. The van der Waals surface area contributed by atoms with Crippen LogP contribution in [0.25, 0.3) is 15.8 Å². The molecule has 8 heteroatoms.